The van der Waals surface area contributed by atoms with E-state index in [1.165, 1.54) is 0 Å². The summed E-state index contributed by atoms with van der Waals surface area (Å²) in [5, 5.41) is 11.2. The van der Waals surface area contributed by atoms with Gasteiger partial charge in [0.2, 0.25) is 0 Å². The Morgan fingerprint density at radius 1 is 0.371 bits per heavy atom. The highest BCUT2D eigenvalue weighted by molar-refractivity contribution is 6.74. The molecule has 0 saturated carbocycles. The third-order valence-electron chi connectivity index (χ3n) is 16.4. The zero-order valence-corrected chi connectivity index (χ0v) is 52.3. The van der Waals surface area contributed by atoms with Gasteiger partial charge in [-0.25, -0.2) is 0 Å². The first-order valence-corrected chi connectivity index (χ1v) is 33.5. The molecule has 0 saturated heterocycles. The van der Waals surface area contributed by atoms with Gasteiger partial charge in [-0.1, -0.05) is 227 Å². The molecule has 0 amide bonds. The first-order valence-electron chi connectivity index (χ1n) is 30.6. The van der Waals surface area contributed by atoms with E-state index in [1.807, 2.05) is 206 Å². The van der Waals surface area contributed by atoms with Gasteiger partial charge in [0.15, 0.2) is 8.32 Å². The van der Waals surface area contributed by atoms with Crippen molar-refractivity contribution in [3.05, 3.63) is 310 Å². The standard InChI is InChI=1S/C42H46O5Si.C36H32O5/c1-42(2,3)48(4,5)47-40-27-37-38(45-30-33-19-13-8-14-20-33)25-36(44-29-32-17-11-7-12-18-32)26-39(37)46-41(40)34-21-23-35(24-22-34)43-28-31-15-9-6-10-16-31;37-33-22-32-34(40-25-28-14-8-3-9-15-28)20-31(39-24-27-12-6-2-7-13-27)21-35(32)41-36(33)29-16-18-30(19-17-29)38-23-26-10-4-1-5-11-26/h6-26,40-41H,27-30H2,1-5H3;1-21,33,36-37H,22-25H2/t40-,41+;33-,36+/m11/s1. The lowest BCUT2D eigenvalue weighted by Crippen LogP contribution is -2.47. The Labute approximate surface area is 525 Å². The van der Waals surface area contributed by atoms with Crippen molar-refractivity contribution in [2.24, 2.45) is 0 Å². The third kappa shape index (κ3) is 16.7. The van der Waals surface area contributed by atoms with E-state index in [0.29, 0.717) is 75.5 Å². The van der Waals surface area contributed by atoms with E-state index in [1.54, 1.807) is 0 Å². The fourth-order valence-electron chi connectivity index (χ4n) is 10.5. The molecule has 10 aromatic carbocycles. The van der Waals surface area contributed by atoms with Gasteiger partial charge in [-0.15, -0.1) is 0 Å². The maximum Gasteiger partial charge on any atom is 0.192 e. The molecule has 454 valence electrons. The smallest absolute Gasteiger partial charge is 0.192 e. The van der Waals surface area contributed by atoms with Gasteiger partial charge >= 0.3 is 0 Å². The molecule has 10 nitrogen and oxygen atoms in total. The first-order chi connectivity index (χ1) is 43.4. The number of aliphatic hydroxyl groups excluding tert-OH is 1. The molecule has 0 aliphatic carbocycles. The molecule has 2 aliphatic heterocycles. The molecule has 0 radical (unpaired) electrons. The van der Waals surface area contributed by atoms with Crippen molar-refractivity contribution < 1.29 is 47.4 Å². The second-order valence-corrected chi connectivity index (χ2v) is 28.8. The van der Waals surface area contributed by atoms with Gasteiger partial charge in [0, 0.05) is 48.2 Å². The van der Waals surface area contributed by atoms with Crippen LogP contribution in [0.5, 0.6) is 46.0 Å². The Hall–Kier alpha value is -9.26. The zero-order chi connectivity index (χ0) is 61.4. The van der Waals surface area contributed by atoms with E-state index in [0.717, 1.165) is 78.6 Å². The number of benzene rings is 10. The lowest BCUT2D eigenvalue weighted by Gasteiger charge is -2.43. The number of fused-ring (bicyclic) bond motifs is 2. The number of rotatable bonds is 22. The third-order valence-corrected chi connectivity index (χ3v) is 20.9. The maximum atomic E-state index is 11.2. The molecule has 1 N–H and O–H groups in total. The van der Waals surface area contributed by atoms with Crippen molar-refractivity contribution >= 4 is 8.32 Å². The number of hydrogen-bond donors (Lipinski definition) is 1. The molecule has 0 spiro atoms. The van der Waals surface area contributed by atoms with Crippen molar-refractivity contribution in [2.45, 2.75) is 116 Å². The number of aliphatic hydroxyl groups is 1. The Balaban J connectivity index is 0.000000186. The highest BCUT2D eigenvalue weighted by Crippen LogP contribution is 2.48. The van der Waals surface area contributed by atoms with Crippen LogP contribution in [0.25, 0.3) is 0 Å². The summed E-state index contributed by atoms with van der Waals surface area (Å²) in [6.45, 7) is 14.1. The van der Waals surface area contributed by atoms with Crippen molar-refractivity contribution in [3.63, 3.8) is 0 Å². The van der Waals surface area contributed by atoms with Gasteiger partial charge in [-0.3, -0.25) is 0 Å². The Bertz CT molecular complexity index is 3790. The summed E-state index contributed by atoms with van der Waals surface area (Å²) >= 11 is 0. The van der Waals surface area contributed by atoms with Crippen LogP contribution >= 0.6 is 0 Å². The van der Waals surface area contributed by atoms with Gasteiger partial charge in [-0.05, 0) is 86.9 Å². The molecule has 0 aromatic heterocycles. The second-order valence-electron chi connectivity index (χ2n) is 24.0. The molecular formula is C78H78O10Si. The van der Waals surface area contributed by atoms with Crippen LogP contribution in [-0.2, 0) is 56.9 Å². The minimum absolute atomic E-state index is 0.0364. The molecule has 0 bridgehead atoms. The van der Waals surface area contributed by atoms with Crippen molar-refractivity contribution in [3.8, 4) is 46.0 Å². The van der Waals surface area contributed by atoms with E-state index in [-0.39, 0.29) is 17.2 Å². The average molecular weight is 1200 g/mol. The molecule has 4 atom stereocenters. The van der Waals surface area contributed by atoms with Gasteiger partial charge in [-0.2, -0.15) is 0 Å². The van der Waals surface area contributed by atoms with Gasteiger partial charge in [0.1, 0.15) is 97.8 Å². The highest BCUT2D eigenvalue weighted by atomic mass is 28.4. The van der Waals surface area contributed by atoms with E-state index in [9.17, 15) is 5.11 Å². The summed E-state index contributed by atoms with van der Waals surface area (Å²) in [7, 11) is -2.17. The quantitative estimate of drug-likeness (QED) is 0.0660. The van der Waals surface area contributed by atoms with Crippen LogP contribution < -0.4 is 37.9 Å². The summed E-state index contributed by atoms with van der Waals surface area (Å²) in [6.07, 6.45) is -0.742. The van der Waals surface area contributed by atoms with Crippen molar-refractivity contribution in [1.29, 1.82) is 0 Å². The average Bonchev–Trinajstić information content (AvgIpc) is 0.905. The largest absolute Gasteiger partial charge is 0.489 e. The number of hydrogen-bond acceptors (Lipinski definition) is 10. The van der Waals surface area contributed by atoms with Crippen LogP contribution in [0, 0.1) is 0 Å². The lowest BCUT2D eigenvalue weighted by molar-refractivity contribution is 0.0194. The maximum absolute atomic E-state index is 11.2. The van der Waals surface area contributed by atoms with Gasteiger partial charge < -0.3 is 47.4 Å². The minimum atomic E-state index is -2.17. The van der Waals surface area contributed by atoms with E-state index in [4.69, 9.17) is 42.3 Å². The van der Waals surface area contributed by atoms with Crippen LogP contribution in [0.2, 0.25) is 18.1 Å². The second kappa shape index (κ2) is 29.2. The molecule has 12 rings (SSSR count). The monoisotopic (exact) mass is 1200 g/mol. The van der Waals surface area contributed by atoms with E-state index in [2.05, 4.69) is 82.4 Å². The van der Waals surface area contributed by atoms with Crippen LogP contribution in [0.3, 0.4) is 0 Å². The molecule has 89 heavy (non-hydrogen) atoms. The molecule has 11 heteroatoms. The normalized spacial score (nSPS) is 15.9. The van der Waals surface area contributed by atoms with Crippen LogP contribution in [0.1, 0.15) is 88.6 Å². The number of ether oxygens (including phenoxy) is 8. The summed E-state index contributed by atoms with van der Waals surface area (Å²) in [5.74, 6) is 5.74. The molecule has 2 aliphatic rings. The fourth-order valence-corrected chi connectivity index (χ4v) is 11.8. The molecule has 0 fully saturated rings. The van der Waals surface area contributed by atoms with Crippen LogP contribution in [0.15, 0.2) is 255 Å². The zero-order valence-electron chi connectivity index (χ0n) is 51.3. The predicted octanol–water partition coefficient (Wildman–Crippen LogP) is 18.0. The van der Waals surface area contributed by atoms with Crippen LogP contribution in [0.4, 0.5) is 0 Å². The van der Waals surface area contributed by atoms with Crippen molar-refractivity contribution in [2.75, 3.05) is 0 Å². The van der Waals surface area contributed by atoms with Crippen LogP contribution in [-0.4, -0.2) is 25.6 Å². The first kappa shape index (κ1) is 61.4. The van der Waals surface area contributed by atoms with Gasteiger partial charge in [0.25, 0.3) is 0 Å². The van der Waals surface area contributed by atoms with E-state index >= 15 is 0 Å². The molecule has 0 unspecified atom stereocenters. The summed E-state index contributed by atoms with van der Waals surface area (Å²) in [4.78, 5) is 0. The summed E-state index contributed by atoms with van der Waals surface area (Å²) < 4.78 is 57.8. The molecule has 2 heterocycles. The minimum Gasteiger partial charge on any atom is -0.489 e. The fraction of sp³-hybridized carbons (Fsp3) is 0.231. The van der Waals surface area contributed by atoms with E-state index < -0.39 is 20.5 Å². The lowest BCUT2D eigenvalue weighted by atomic mass is 9.94. The topological polar surface area (TPSA) is 103 Å². The molecular weight excluding hydrogens is 1120 g/mol. The Kier molecular flexibility index (Phi) is 20.1. The summed E-state index contributed by atoms with van der Waals surface area (Å²) in [5.41, 5.74) is 10.3. The SMILES string of the molecule is CC(C)(C)[Si](C)(C)O[C@@H]1Cc2c(OCc3ccccc3)cc(OCc3ccccc3)cc2O[C@H]1c1ccc(OCc2ccccc2)cc1.O[C@@H]1Cc2c(OCc3ccccc3)cc(OCc3ccccc3)cc2O[C@H]1c1ccc(OCc2ccccc2)cc1. The molecule has 10 aromatic rings. The Morgan fingerprint density at radius 2 is 0.674 bits per heavy atom. The predicted molar refractivity (Wildman–Crippen MR) is 353 cm³/mol. The highest BCUT2D eigenvalue weighted by Gasteiger charge is 2.44. The van der Waals surface area contributed by atoms with Crippen molar-refractivity contribution in [1.82, 2.24) is 0 Å². The summed E-state index contributed by atoms with van der Waals surface area (Å²) in [6, 6.07) is 84.4. The van der Waals surface area contributed by atoms with Gasteiger partial charge in [0.05, 0.1) is 12.2 Å². The Morgan fingerprint density at radius 3 is 1.02 bits per heavy atom.